The maximum Gasteiger partial charge on any atom is 0.178 e. The molecule has 1 unspecified atom stereocenters. The Morgan fingerprint density at radius 1 is 1.44 bits per heavy atom. The topological polar surface area (TPSA) is 50.7 Å². The fraction of sp³-hybridized carbons (Fsp3) is 0.357. The third kappa shape index (κ3) is 1.69. The van der Waals surface area contributed by atoms with Gasteiger partial charge in [0.15, 0.2) is 5.78 Å². The molecule has 0 amide bonds. The summed E-state index contributed by atoms with van der Waals surface area (Å²) in [4.78, 5) is 14.1. The van der Waals surface area contributed by atoms with E-state index in [1.54, 1.807) is 6.92 Å². The lowest BCUT2D eigenvalue weighted by molar-refractivity contribution is 0.101. The number of anilines is 1. The molecule has 2 aromatic heterocycles. The van der Waals surface area contributed by atoms with Crippen molar-refractivity contribution < 1.29 is 4.79 Å². The highest BCUT2D eigenvalue weighted by atomic mass is 16.1. The highest BCUT2D eigenvalue weighted by molar-refractivity contribution is 6.00. The molecule has 2 N–H and O–H groups in total. The molecule has 4 heteroatoms. The van der Waals surface area contributed by atoms with Crippen LogP contribution in [0.1, 0.15) is 23.8 Å². The molecule has 1 aliphatic heterocycles. The molecule has 0 bridgehead atoms. The Bertz CT molecular complexity index is 602. The Balaban J connectivity index is 2.16. The minimum atomic E-state index is 0.0941. The zero-order valence-corrected chi connectivity index (χ0v) is 10.5. The van der Waals surface area contributed by atoms with Crippen LogP contribution in [0.4, 0.5) is 5.69 Å². The van der Waals surface area contributed by atoms with E-state index >= 15 is 0 Å². The van der Waals surface area contributed by atoms with E-state index in [0.29, 0.717) is 0 Å². The van der Waals surface area contributed by atoms with Crippen molar-refractivity contribution in [3.8, 4) is 0 Å². The first kappa shape index (κ1) is 11.3. The number of nitrogens with zero attached hydrogens (tertiary/aromatic N) is 2. The molecule has 4 nitrogen and oxygen atoms in total. The first-order valence-electron chi connectivity index (χ1n) is 6.28. The van der Waals surface area contributed by atoms with Crippen LogP contribution in [-0.2, 0) is 0 Å². The lowest BCUT2D eigenvalue weighted by Crippen LogP contribution is -2.27. The van der Waals surface area contributed by atoms with E-state index in [-0.39, 0.29) is 11.8 Å². The van der Waals surface area contributed by atoms with Crippen LogP contribution < -0.4 is 10.6 Å². The summed E-state index contributed by atoms with van der Waals surface area (Å²) in [6.45, 7) is 3.38. The molecule has 2 aromatic rings. The van der Waals surface area contributed by atoms with Gasteiger partial charge in [-0.25, -0.2) is 0 Å². The van der Waals surface area contributed by atoms with Crippen LogP contribution in [0, 0.1) is 0 Å². The predicted octanol–water partition coefficient (Wildman–Crippen LogP) is 1.68. The maximum absolute atomic E-state index is 11.9. The van der Waals surface area contributed by atoms with Crippen LogP contribution in [0.5, 0.6) is 0 Å². The average Bonchev–Trinajstić information content (AvgIpc) is 2.91. The van der Waals surface area contributed by atoms with E-state index in [4.69, 9.17) is 5.73 Å². The Morgan fingerprint density at radius 2 is 2.28 bits per heavy atom. The minimum Gasteiger partial charge on any atom is -0.368 e. The van der Waals surface area contributed by atoms with Crippen LogP contribution in [0.3, 0.4) is 0 Å². The maximum atomic E-state index is 11.9. The van der Waals surface area contributed by atoms with Crippen molar-refractivity contribution in [1.82, 2.24) is 4.40 Å². The van der Waals surface area contributed by atoms with E-state index in [1.807, 2.05) is 28.8 Å². The lowest BCUT2D eigenvalue weighted by Gasteiger charge is -2.17. The number of Topliss-reactive ketones (excluding diaryl/α,β-unsaturated/α-hetero) is 1. The smallest absolute Gasteiger partial charge is 0.178 e. The number of nitrogens with two attached hydrogens (primary N) is 1. The Kier molecular flexibility index (Phi) is 2.59. The van der Waals surface area contributed by atoms with Gasteiger partial charge in [-0.05, 0) is 24.6 Å². The van der Waals surface area contributed by atoms with Gasteiger partial charge >= 0.3 is 0 Å². The second-order valence-electron chi connectivity index (χ2n) is 4.92. The second-order valence-corrected chi connectivity index (χ2v) is 4.92. The Labute approximate surface area is 106 Å². The Hall–Kier alpha value is -1.81. The quantitative estimate of drug-likeness (QED) is 0.816. The van der Waals surface area contributed by atoms with Crippen LogP contribution in [-0.4, -0.2) is 29.3 Å². The number of fused-ring (bicyclic) bond motifs is 1. The van der Waals surface area contributed by atoms with Crippen molar-refractivity contribution >= 4 is 17.0 Å². The Morgan fingerprint density at radius 3 is 2.94 bits per heavy atom. The summed E-state index contributed by atoms with van der Waals surface area (Å²) in [6, 6.07) is 8.24. The third-order valence-corrected chi connectivity index (χ3v) is 3.56. The molecule has 0 spiro atoms. The van der Waals surface area contributed by atoms with Gasteiger partial charge in [-0.1, -0.05) is 6.07 Å². The van der Waals surface area contributed by atoms with Crippen molar-refractivity contribution in [2.24, 2.45) is 5.73 Å². The molecule has 1 aliphatic rings. The third-order valence-electron chi connectivity index (χ3n) is 3.56. The van der Waals surface area contributed by atoms with E-state index in [0.717, 1.165) is 36.4 Å². The van der Waals surface area contributed by atoms with E-state index < -0.39 is 0 Å². The average molecular weight is 243 g/mol. The first-order valence-corrected chi connectivity index (χ1v) is 6.28. The summed E-state index contributed by atoms with van der Waals surface area (Å²) >= 11 is 0. The fourth-order valence-corrected chi connectivity index (χ4v) is 2.71. The number of hydrogen-bond donors (Lipinski definition) is 1. The number of carbonyl (C=O) groups excluding carboxylic acids is 1. The molecule has 0 radical (unpaired) electrons. The van der Waals surface area contributed by atoms with Gasteiger partial charge in [0.2, 0.25) is 0 Å². The molecular weight excluding hydrogens is 226 g/mol. The number of aromatic nitrogens is 1. The zero-order valence-electron chi connectivity index (χ0n) is 10.5. The van der Waals surface area contributed by atoms with Crippen molar-refractivity contribution in [2.45, 2.75) is 19.4 Å². The van der Waals surface area contributed by atoms with E-state index in [9.17, 15) is 4.79 Å². The summed E-state index contributed by atoms with van der Waals surface area (Å²) in [5, 5.41) is 0. The number of carbonyl (C=O) groups is 1. The van der Waals surface area contributed by atoms with Gasteiger partial charge in [0.05, 0.1) is 5.69 Å². The normalized spacial score (nSPS) is 19.7. The summed E-state index contributed by atoms with van der Waals surface area (Å²) in [5.41, 5.74) is 8.78. The predicted molar refractivity (Wildman–Crippen MR) is 72.2 cm³/mol. The van der Waals surface area contributed by atoms with Crippen LogP contribution in [0.2, 0.25) is 0 Å². The van der Waals surface area contributed by atoms with Crippen LogP contribution in [0.15, 0.2) is 30.5 Å². The van der Waals surface area contributed by atoms with Gasteiger partial charge in [0.25, 0.3) is 0 Å². The van der Waals surface area contributed by atoms with Gasteiger partial charge in [-0.2, -0.15) is 0 Å². The molecule has 0 saturated carbocycles. The summed E-state index contributed by atoms with van der Waals surface area (Å²) in [5.74, 6) is 0.0941. The van der Waals surface area contributed by atoms with Crippen LogP contribution in [0.25, 0.3) is 5.52 Å². The molecule has 94 valence electrons. The fourth-order valence-electron chi connectivity index (χ4n) is 2.71. The minimum absolute atomic E-state index is 0.0941. The first-order chi connectivity index (χ1) is 8.66. The van der Waals surface area contributed by atoms with Crippen molar-refractivity contribution in [3.63, 3.8) is 0 Å². The molecule has 3 heterocycles. The molecule has 1 fully saturated rings. The number of rotatable bonds is 2. The van der Waals surface area contributed by atoms with Gasteiger partial charge in [-0.15, -0.1) is 0 Å². The molecule has 1 atom stereocenters. The molecule has 0 aliphatic carbocycles. The number of pyridine rings is 1. The number of ketones is 1. The van der Waals surface area contributed by atoms with Crippen molar-refractivity contribution in [3.05, 3.63) is 36.2 Å². The van der Waals surface area contributed by atoms with Gasteiger partial charge < -0.3 is 15.0 Å². The molecular formula is C14H17N3O. The monoisotopic (exact) mass is 243 g/mol. The van der Waals surface area contributed by atoms with Crippen molar-refractivity contribution in [2.75, 3.05) is 18.0 Å². The van der Waals surface area contributed by atoms with Crippen LogP contribution >= 0.6 is 0 Å². The second kappa shape index (κ2) is 4.14. The lowest BCUT2D eigenvalue weighted by atomic mass is 10.2. The summed E-state index contributed by atoms with van der Waals surface area (Å²) in [7, 11) is 0. The zero-order chi connectivity index (χ0) is 12.7. The molecule has 0 aromatic carbocycles. The largest absolute Gasteiger partial charge is 0.368 e. The summed E-state index contributed by atoms with van der Waals surface area (Å²) < 4.78 is 1.96. The van der Waals surface area contributed by atoms with Crippen molar-refractivity contribution in [1.29, 1.82) is 0 Å². The van der Waals surface area contributed by atoms with Gasteiger partial charge in [0, 0.05) is 37.8 Å². The van der Waals surface area contributed by atoms with Gasteiger partial charge in [-0.3, -0.25) is 4.79 Å². The van der Waals surface area contributed by atoms with Gasteiger partial charge in [0.1, 0.15) is 5.69 Å². The highest BCUT2D eigenvalue weighted by Crippen LogP contribution is 2.28. The number of hydrogen-bond acceptors (Lipinski definition) is 3. The standard InChI is InChI=1S/C14H17N3O/c1-10(18)14-13(16-7-5-11(15)9-16)8-12-4-2-3-6-17(12)14/h2-4,6,8,11H,5,7,9,15H2,1H3. The van der Waals surface area contributed by atoms with E-state index in [1.165, 1.54) is 0 Å². The van der Waals surface area contributed by atoms with E-state index in [2.05, 4.69) is 11.0 Å². The highest BCUT2D eigenvalue weighted by Gasteiger charge is 2.25. The molecule has 1 saturated heterocycles. The molecule has 3 rings (SSSR count). The molecule has 18 heavy (non-hydrogen) atoms. The summed E-state index contributed by atoms with van der Waals surface area (Å²) in [6.07, 6.45) is 2.93. The SMILES string of the molecule is CC(=O)c1c(N2CCC(N)C2)cc2ccccn12.